The van der Waals surface area contributed by atoms with Gasteiger partial charge in [-0.15, -0.1) is 17.7 Å². The number of benzene rings is 7. The van der Waals surface area contributed by atoms with Gasteiger partial charge in [-0.25, -0.2) is 4.98 Å². The summed E-state index contributed by atoms with van der Waals surface area (Å²) >= 11 is -1.86. The van der Waals surface area contributed by atoms with E-state index in [2.05, 4.69) is 241 Å². The predicted molar refractivity (Wildman–Crippen MR) is 310 cm³/mol. The van der Waals surface area contributed by atoms with Gasteiger partial charge in [0.05, 0.1) is 33.8 Å². The number of imidazole rings is 1. The zero-order chi connectivity index (χ0) is 51.2. The van der Waals surface area contributed by atoms with E-state index in [4.69, 9.17) is 19.4 Å². The normalized spacial score (nSPS) is 11.8. The van der Waals surface area contributed by atoms with Gasteiger partial charge in [0.1, 0.15) is 0 Å². The van der Waals surface area contributed by atoms with Crippen molar-refractivity contribution < 1.29 is 24.5 Å². The molecule has 7 aromatic carbocycles. The van der Waals surface area contributed by atoms with Crippen LogP contribution in [0.15, 0.2) is 174 Å². The van der Waals surface area contributed by atoms with E-state index in [1.807, 2.05) is 18.2 Å². The molecule has 0 aliphatic carbocycles. The van der Waals surface area contributed by atoms with Crippen molar-refractivity contribution in [1.82, 2.24) is 19.5 Å². The average molecular weight is 1210 g/mol. The van der Waals surface area contributed by atoms with Crippen LogP contribution in [-0.2, 0) is 31.9 Å². The van der Waals surface area contributed by atoms with E-state index in [1.54, 1.807) is 4.40 Å². The molecule has 0 atom stereocenters. The van der Waals surface area contributed by atoms with Crippen molar-refractivity contribution in [3.05, 3.63) is 210 Å². The van der Waals surface area contributed by atoms with Gasteiger partial charge in [0.15, 0.2) is 0 Å². The zero-order valence-electron chi connectivity index (χ0n) is 44.5. The van der Waals surface area contributed by atoms with Crippen LogP contribution in [-0.4, -0.2) is 32.8 Å². The van der Waals surface area contributed by atoms with Gasteiger partial charge in [-0.05, 0) is 83.5 Å². The minimum Gasteiger partial charge on any atom is -0.486 e. The van der Waals surface area contributed by atoms with Crippen molar-refractivity contribution in [1.29, 1.82) is 0 Å². The molecule has 0 spiro atoms. The molecule has 0 amide bonds. The summed E-state index contributed by atoms with van der Waals surface area (Å²) in [4.78, 5) is 15.2. The fraction of sp³-hybridized carbons (Fsp3) is 0.209. The molecule has 11 rings (SSSR count). The fourth-order valence-corrected chi connectivity index (χ4v) is 13.6. The number of hydrogen-bond donors (Lipinski definition) is 0. The first-order valence-corrected chi connectivity index (χ1v) is 32.9. The smallest absolute Gasteiger partial charge is 0.216 e. The van der Waals surface area contributed by atoms with Gasteiger partial charge in [0, 0.05) is 42.2 Å². The van der Waals surface area contributed by atoms with Gasteiger partial charge in [0.2, 0.25) is 5.71 Å². The van der Waals surface area contributed by atoms with Crippen molar-refractivity contribution in [2.24, 2.45) is 5.92 Å². The van der Waals surface area contributed by atoms with Crippen LogP contribution in [0.2, 0.25) is 17.3 Å². The Morgan fingerprint density at radius 3 is 1.91 bits per heavy atom. The Labute approximate surface area is 453 Å². The summed E-state index contributed by atoms with van der Waals surface area (Å²) in [6.45, 7) is 17.8. The number of fused-ring (bicyclic) bond motifs is 4. The Morgan fingerprint density at radius 1 is 0.662 bits per heavy atom. The number of aromatic nitrogens is 4. The van der Waals surface area contributed by atoms with Crippen molar-refractivity contribution in [2.75, 3.05) is 0 Å². The Hall–Kier alpha value is -6.70. The minimum atomic E-state index is -1.86. The molecule has 0 N–H and O–H groups in total. The molecule has 373 valence electrons. The summed E-state index contributed by atoms with van der Waals surface area (Å²) in [7, 11) is 0. The maximum absolute atomic E-state index is 6.85. The van der Waals surface area contributed by atoms with E-state index in [-0.39, 0.29) is 25.5 Å². The van der Waals surface area contributed by atoms with E-state index in [0.717, 1.165) is 101 Å². The Kier molecular flexibility index (Phi) is 15.0. The molecule has 5 nitrogen and oxygen atoms in total. The molecule has 4 heterocycles. The van der Waals surface area contributed by atoms with Crippen LogP contribution in [0.1, 0.15) is 62.4 Å². The largest absolute Gasteiger partial charge is 0.486 e. The summed E-state index contributed by atoms with van der Waals surface area (Å²) in [6.07, 6.45) is 3.27. The van der Waals surface area contributed by atoms with Crippen LogP contribution in [0.3, 0.4) is 0 Å². The molecule has 0 aliphatic rings. The van der Waals surface area contributed by atoms with Crippen molar-refractivity contribution in [2.45, 2.75) is 84.5 Å². The van der Waals surface area contributed by atoms with Crippen molar-refractivity contribution in [3.63, 3.8) is 0 Å². The maximum atomic E-state index is 6.85. The van der Waals surface area contributed by atoms with E-state index >= 15 is 0 Å². The second kappa shape index (κ2) is 21.3. The summed E-state index contributed by atoms with van der Waals surface area (Å²) in [5.74, 6) is 8.76. The summed E-state index contributed by atoms with van der Waals surface area (Å²) < 4.78 is 10.7. The van der Waals surface area contributed by atoms with Gasteiger partial charge >= 0.3 is 126 Å². The quantitative estimate of drug-likeness (QED) is 0.107. The average Bonchev–Trinajstić information content (AvgIpc) is 3.96. The number of rotatable bonds is 9. The zero-order valence-corrected chi connectivity index (χ0v) is 49.0. The number of aryl methyl sites for hydroxylation is 3. The summed E-state index contributed by atoms with van der Waals surface area (Å²) in [6, 6.07) is 64.5. The molecule has 1 radical (unpaired) electrons. The molecule has 7 heteroatoms. The van der Waals surface area contributed by atoms with Crippen LogP contribution < -0.4 is 4.40 Å². The number of nitrogens with zero attached hydrogens (tertiary/aromatic N) is 4. The summed E-state index contributed by atoms with van der Waals surface area (Å²) in [5.41, 5.74) is 20.0. The number of hydrogen-bond acceptors (Lipinski definition) is 4. The molecule has 0 fully saturated rings. The van der Waals surface area contributed by atoms with Crippen molar-refractivity contribution in [3.8, 4) is 61.8 Å². The van der Waals surface area contributed by atoms with E-state index < -0.39 is 13.3 Å². The van der Waals surface area contributed by atoms with Gasteiger partial charge in [-0.1, -0.05) is 130 Å². The van der Waals surface area contributed by atoms with E-state index in [1.165, 1.54) is 22.3 Å². The molecular formula is C67H64GeIrN4O-2. The Balaban J connectivity index is 0.000000270. The predicted octanol–water partition coefficient (Wildman–Crippen LogP) is 17.3. The van der Waals surface area contributed by atoms with Crippen LogP contribution >= 0.6 is 0 Å². The van der Waals surface area contributed by atoms with Gasteiger partial charge < -0.3 is 8.98 Å². The monoisotopic (exact) mass is 1210 g/mol. The first kappa shape index (κ1) is 52.2. The van der Waals surface area contributed by atoms with E-state index in [0.29, 0.717) is 11.6 Å². The number of pyridine rings is 2. The SMILES string of the molecule is CC(C)Cc1cc(-c2[c-]cccc2)nc[c]1[Ge]([CH3])([CH3])[CH3].Cc1cccc(C)c1-c1ccc2c(n1)oc1c(-c3nc4ccccc4n3-c3c(-c4ccccc4)cc(C(C)(C)C)cc3-c3ccccc3)[c-]cc(C)c12.[Ir]. The molecule has 0 bridgehead atoms. The first-order valence-electron chi connectivity index (χ1n) is 25.6. The molecule has 4 aromatic heterocycles. The molecule has 0 aliphatic heterocycles. The van der Waals surface area contributed by atoms with Crippen LogP contribution in [0, 0.1) is 38.8 Å². The topological polar surface area (TPSA) is 56.7 Å². The standard InChI is InChI=1S/C49H40N3O.C18H24GeN.Ir/c1-30-16-15-17-31(2)43(30)41-27-26-36-44-32(3)24-25-37(46(44)53-48(36)51-41)47-50-40-22-13-14-23-42(40)52(47)45-38(33-18-9-7-10-19-33)28-35(49(4,5)6)29-39(45)34-20-11-8-12-21-34;1-14(2)11-16-12-18(15-9-7-6-8-10-15)20-13-17(16)19(3,4)5;/h7-24,26-29H,1-6H3;6-9,12-14H,11H2,1-5H3;/q2*-1;. The third-order valence-electron chi connectivity index (χ3n) is 13.9. The third-order valence-corrected chi connectivity index (χ3v) is 18.2. The number of furan rings is 1. The van der Waals surface area contributed by atoms with Gasteiger partial charge in [-0.2, -0.15) is 0 Å². The molecule has 0 saturated heterocycles. The first-order chi connectivity index (χ1) is 35.0. The fourth-order valence-electron chi connectivity index (χ4n) is 10.3. The Morgan fingerprint density at radius 2 is 1.30 bits per heavy atom. The number of para-hydroxylation sites is 2. The molecule has 11 aromatic rings. The third kappa shape index (κ3) is 10.4. The minimum absolute atomic E-state index is 0. The van der Waals surface area contributed by atoms with Gasteiger partial charge in [-0.3, -0.25) is 4.98 Å². The molecule has 74 heavy (non-hydrogen) atoms. The second-order valence-electron chi connectivity index (χ2n) is 22.0. The second-order valence-corrected chi connectivity index (χ2v) is 32.6. The van der Waals surface area contributed by atoms with Crippen LogP contribution in [0.25, 0.3) is 94.9 Å². The van der Waals surface area contributed by atoms with E-state index in [9.17, 15) is 0 Å². The summed E-state index contributed by atoms with van der Waals surface area (Å²) in [5, 5.41) is 2.01. The Bertz CT molecular complexity index is 3710. The van der Waals surface area contributed by atoms with Crippen LogP contribution in [0.5, 0.6) is 0 Å². The molecule has 0 unspecified atom stereocenters. The maximum Gasteiger partial charge on any atom is 0.216 e. The van der Waals surface area contributed by atoms with Crippen molar-refractivity contribution >= 4 is 50.8 Å². The molecular weight excluding hydrogens is 1140 g/mol. The van der Waals surface area contributed by atoms with Crippen LogP contribution in [0.4, 0.5) is 0 Å². The van der Waals surface area contributed by atoms with Gasteiger partial charge in [0.25, 0.3) is 0 Å². The molecule has 0 saturated carbocycles.